The molecule has 0 amide bonds. The summed E-state index contributed by atoms with van der Waals surface area (Å²) in [5.41, 5.74) is 2.35. The summed E-state index contributed by atoms with van der Waals surface area (Å²) in [6, 6.07) is 8.58. The van der Waals surface area contributed by atoms with Gasteiger partial charge in [-0.25, -0.2) is 0 Å². The molecule has 21 heavy (non-hydrogen) atoms. The van der Waals surface area contributed by atoms with E-state index in [1.165, 1.54) is 5.56 Å². The van der Waals surface area contributed by atoms with Gasteiger partial charge in [-0.1, -0.05) is 18.2 Å². The van der Waals surface area contributed by atoms with Crippen LogP contribution in [0, 0.1) is 6.92 Å². The number of hydrogen-bond donors (Lipinski definition) is 1. The molecule has 1 aliphatic carbocycles. The van der Waals surface area contributed by atoms with Crippen LogP contribution in [0.4, 0.5) is 5.69 Å². The molecule has 0 aliphatic heterocycles. The fourth-order valence-electron chi connectivity index (χ4n) is 3.22. The van der Waals surface area contributed by atoms with E-state index in [-0.39, 0.29) is 6.42 Å². The van der Waals surface area contributed by atoms with E-state index in [4.69, 9.17) is 9.84 Å². The minimum atomic E-state index is -0.743. The summed E-state index contributed by atoms with van der Waals surface area (Å²) in [6.45, 7) is 2.64. The number of carboxylic acid groups (broad SMARTS) is 1. The fraction of sp³-hybridized carbons (Fsp3) is 0.588. The Morgan fingerprint density at radius 2 is 2.14 bits per heavy atom. The summed E-state index contributed by atoms with van der Waals surface area (Å²) in [6.07, 6.45) is 4.78. The minimum Gasteiger partial charge on any atom is -0.481 e. The second kappa shape index (κ2) is 7.46. The van der Waals surface area contributed by atoms with Gasteiger partial charge in [-0.3, -0.25) is 4.79 Å². The molecule has 1 aliphatic rings. The van der Waals surface area contributed by atoms with Crippen molar-refractivity contribution >= 4 is 11.7 Å². The van der Waals surface area contributed by atoms with Crippen molar-refractivity contribution in [1.82, 2.24) is 0 Å². The number of benzene rings is 1. The van der Waals surface area contributed by atoms with Crippen molar-refractivity contribution < 1.29 is 14.6 Å². The molecule has 0 heterocycles. The highest BCUT2D eigenvalue weighted by molar-refractivity contribution is 5.68. The predicted molar refractivity (Wildman–Crippen MR) is 83.8 cm³/mol. The standard InChI is InChI=1S/C17H25NO3/c1-13-6-3-4-9-16(13)18(11-10-17(19)20)14-7-5-8-15(12-14)21-2/h3-4,6,9,14-15H,5,7-8,10-12H2,1-2H3,(H,19,20). The van der Waals surface area contributed by atoms with Crippen LogP contribution in [0.25, 0.3) is 0 Å². The molecule has 1 N–H and O–H groups in total. The lowest BCUT2D eigenvalue weighted by Crippen LogP contribution is -2.42. The van der Waals surface area contributed by atoms with Crippen LogP contribution >= 0.6 is 0 Å². The van der Waals surface area contributed by atoms with Gasteiger partial charge in [-0.05, 0) is 44.2 Å². The number of aryl methyl sites for hydroxylation is 1. The van der Waals surface area contributed by atoms with Crippen LogP contribution in [0.15, 0.2) is 24.3 Å². The second-order valence-electron chi connectivity index (χ2n) is 5.80. The number of ether oxygens (including phenoxy) is 1. The Balaban J connectivity index is 2.19. The van der Waals surface area contributed by atoms with Gasteiger partial charge >= 0.3 is 5.97 Å². The van der Waals surface area contributed by atoms with E-state index in [1.54, 1.807) is 7.11 Å². The maximum atomic E-state index is 11.0. The van der Waals surface area contributed by atoms with Crippen LogP contribution in [0.5, 0.6) is 0 Å². The normalized spacial score (nSPS) is 22.0. The summed E-state index contributed by atoms with van der Waals surface area (Å²) in [7, 11) is 1.77. The first-order chi connectivity index (χ1) is 10.1. The van der Waals surface area contributed by atoms with Crippen LogP contribution in [0.3, 0.4) is 0 Å². The van der Waals surface area contributed by atoms with E-state index in [9.17, 15) is 4.79 Å². The van der Waals surface area contributed by atoms with E-state index < -0.39 is 5.97 Å². The molecule has 2 unspecified atom stereocenters. The van der Waals surface area contributed by atoms with Gasteiger partial charge in [0, 0.05) is 25.4 Å². The van der Waals surface area contributed by atoms with Gasteiger partial charge in [-0.15, -0.1) is 0 Å². The van der Waals surface area contributed by atoms with Crippen LogP contribution < -0.4 is 4.90 Å². The van der Waals surface area contributed by atoms with Gasteiger partial charge < -0.3 is 14.7 Å². The van der Waals surface area contributed by atoms with E-state index >= 15 is 0 Å². The Bertz CT molecular complexity index is 475. The van der Waals surface area contributed by atoms with Gasteiger partial charge in [0.25, 0.3) is 0 Å². The number of hydrogen-bond acceptors (Lipinski definition) is 3. The number of anilines is 1. The van der Waals surface area contributed by atoms with E-state index in [0.29, 0.717) is 18.7 Å². The molecule has 1 aromatic rings. The molecule has 2 atom stereocenters. The third-order valence-electron chi connectivity index (χ3n) is 4.36. The second-order valence-corrected chi connectivity index (χ2v) is 5.80. The maximum Gasteiger partial charge on any atom is 0.305 e. The molecule has 1 saturated carbocycles. The average Bonchev–Trinajstić information content (AvgIpc) is 2.49. The SMILES string of the molecule is COC1CCCC(N(CCC(=O)O)c2ccccc2C)C1. The largest absolute Gasteiger partial charge is 0.481 e. The van der Waals surface area contributed by atoms with Crippen molar-refractivity contribution in [2.24, 2.45) is 0 Å². The zero-order valence-electron chi connectivity index (χ0n) is 12.9. The van der Waals surface area contributed by atoms with Crippen LogP contribution in [-0.2, 0) is 9.53 Å². The van der Waals surface area contributed by atoms with Crippen molar-refractivity contribution in [3.05, 3.63) is 29.8 Å². The third-order valence-corrected chi connectivity index (χ3v) is 4.36. The van der Waals surface area contributed by atoms with Crippen molar-refractivity contribution in [3.8, 4) is 0 Å². The summed E-state index contributed by atoms with van der Waals surface area (Å²) in [4.78, 5) is 13.2. The molecule has 2 rings (SSSR count). The monoisotopic (exact) mass is 291 g/mol. The lowest BCUT2D eigenvalue weighted by molar-refractivity contribution is -0.136. The molecular formula is C17H25NO3. The summed E-state index contributed by atoms with van der Waals surface area (Å²) >= 11 is 0. The minimum absolute atomic E-state index is 0.169. The van der Waals surface area contributed by atoms with Crippen molar-refractivity contribution in [1.29, 1.82) is 0 Å². The number of rotatable bonds is 6. The summed E-state index contributed by atoms with van der Waals surface area (Å²) in [5, 5.41) is 9.02. The Labute approximate surface area is 126 Å². The van der Waals surface area contributed by atoms with Gasteiger partial charge in [0.05, 0.1) is 12.5 Å². The van der Waals surface area contributed by atoms with E-state index in [2.05, 4.69) is 24.0 Å². The van der Waals surface area contributed by atoms with Gasteiger partial charge in [-0.2, -0.15) is 0 Å². The zero-order chi connectivity index (χ0) is 15.2. The number of carboxylic acids is 1. The van der Waals surface area contributed by atoms with Crippen molar-refractivity contribution in [3.63, 3.8) is 0 Å². The first kappa shape index (κ1) is 15.8. The van der Waals surface area contributed by atoms with Crippen molar-refractivity contribution in [2.75, 3.05) is 18.6 Å². The van der Waals surface area contributed by atoms with Crippen LogP contribution in [0.2, 0.25) is 0 Å². The molecule has 1 fully saturated rings. The number of carbonyl (C=O) groups is 1. The van der Waals surface area contributed by atoms with E-state index in [0.717, 1.165) is 31.4 Å². The van der Waals surface area contributed by atoms with Gasteiger partial charge in [0.1, 0.15) is 0 Å². The highest BCUT2D eigenvalue weighted by atomic mass is 16.5. The molecular weight excluding hydrogens is 266 g/mol. The quantitative estimate of drug-likeness (QED) is 0.874. The third kappa shape index (κ3) is 4.21. The average molecular weight is 291 g/mol. The molecule has 4 heteroatoms. The number of nitrogens with zero attached hydrogens (tertiary/aromatic N) is 1. The van der Waals surface area contributed by atoms with Gasteiger partial charge in [0.15, 0.2) is 0 Å². The first-order valence-corrected chi connectivity index (χ1v) is 7.68. The molecule has 1 aromatic carbocycles. The molecule has 0 radical (unpaired) electrons. The summed E-state index contributed by atoms with van der Waals surface area (Å²) < 4.78 is 5.52. The number of aliphatic carboxylic acids is 1. The highest BCUT2D eigenvalue weighted by Gasteiger charge is 2.27. The van der Waals surface area contributed by atoms with Crippen molar-refractivity contribution in [2.45, 2.75) is 51.2 Å². The predicted octanol–water partition coefficient (Wildman–Crippen LogP) is 3.23. The zero-order valence-corrected chi connectivity index (χ0v) is 12.9. The Kier molecular flexibility index (Phi) is 5.62. The molecule has 4 nitrogen and oxygen atoms in total. The van der Waals surface area contributed by atoms with Gasteiger partial charge in [0.2, 0.25) is 0 Å². The smallest absolute Gasteiger partial charge is 0.305 e. The molecule has 0 bridgehead atoms. The molecule has 116 valence electrons. The Hall–Kier alpha value is -1.55. The lowest BCUT2D eigenvalue weighted by atomic mass is 9.91. The fourth-order valence-corrected chi connectivity index (χ4v) is 3.22. The highest BCUT2D eigenvalue weighted by Crippen LogP contribution is 2.30. The first-order valence-electron chi connectivity index (χ1n) is 7.68. The topological polar surface area (TPSA) is 49.8 Å². The Morgan fingerprint density at radius 1 is 1.38 bits per heavy atom. The molecule has 0 aromatic heterocycles. The Morgan fingerprint density at radius 3 is 2.81 bits per heavy atom. The molecule has 0 saturated heterocycles. The van der Waals surface area contributed by atoms with E-state index in [1.807, 2.05) is 12.1 Å². The maximum absolute atomic E-state index is 11.0. The van der Waals surface area contributed by atoms with Crippen LogP contribution in [-0.4, -0.2) is 36.9 Å². The van der Waals surface area contributed by atoms with Crippen LogP contribution in [0.1, 0.15) is 37.7 Å². The number of methoxy groups -OCH3 is 1. The lowest BCUT2D eigenvalue weighted by Gasteiger charge is -2.39. The summed E-state index contributed by atoms with van der Waals surface area (Å²) in [5.74, 6) is -0.743. The molecule has 0 spiro atoms. The number of para-hydroxylation sites is 1.